The van der Waals surface area contributed by atoms with Crippen molar-refractivity contribution in [2.45, 2.75) is 118 Å². The van der Waals surface area contributed by atoms with Crippen molar-refractivity contribution in [3.63, 3.8) is 0 Å². The van der Waals surface area contributed by atoms with Crippen LogP contribution in [0.3, 0.4) is 0 Å². The fourth-order valence-corrected chi connectivity index (χ4v) is 2.06. The summed E-state index contributed by atoms with van der Waals surface area (Å²) < 4.78 is 0. The molecule has 2 heteroatoms. The van der Waals surface area contributed by atoms with Gasteiger partial charge in [0.1, 0.15) is 0 Å². The zero-order valence-electron chi connectivity index (χ0n) is 14.7. The summed E-state index contributed by atoms with van der Waals surface area (Å²) in [5.41, 5.74) is 0. The minimum Gasteiger partial charge on any atom is -0.114 e. The van der Waals surface area contributed by atoms with E-state index >= 15 is 0 Å². The lowest BCUT2D eigenvalue weighted by Crippen LogP contribution is -1.76. The van der Waals surface area contributed by atoms with Crippen LogP contribution in [0.25, 0.3) is 0 Å². The second kappa shape index (κ2) is 32.1. The fourth-order valence-electron chi connectivity index (χ4n) is 2.06. The van der Waals surface area contributed by atoms with Gasteiger partial charge in [0.05, 0.1) is 0 Å². The Kier molecular flexibility index (Phi) is 46.5. The molecule has 0 saturated carbocycles. The maximum absolute atomic E-state index is 2.26. The van der Waals surface area contributed by atoms with Crippen LogP contribution < -0.4 is 0 Å². The van der Waals surface area contributed by atoms with Crippen LogP contribution in [0.5, 0.6) is 0 Å². The molecule has 0 radical (unpaired) electrons. The molecule has 0 atom stereocenters. The first-order valence-electron chi connectivity index (χ1n) is 8.83. The predicted molar refractivity (Wildman–Crippen MR) is 108 cm³/mol. The van der Waals surface area contributed by atoms with Gasteiger partial charge in [-0.25, -0.2) is 0 Å². The minimum absolute atomic E-state index is 0. The average molecular weight is 418 g/mol. The van der Waals surface area contributed by atoms with Gasteiger partial charge in [-0.3, -0.25) is 0 Å². The van der Waals surface area contributed by atoms with Crippen molar-refractivity contribution < 1.29 is 0 Å². The van der Waals surface area contributed by atoms with E-state index in [9.17, 15) is 0 Å². The highest BCUT2D eigenvalue weighted by atomic mass is 79.9. The summed E-state index contributed by atoms with van der Waals surface area (Å²) in [5, 5.41) is 0. The van der Waals surface area contributed by atoms with Crippen molar-refractivity contribution in [2.24, 2.45) is 0 Å². The molecule has 0 aromatic rings. The standard InChI is InChI=1S/2C9H20.2BrH/c2*1-3-5-7-9-8-6-4-2;;/h2*3-9H2,1-2H3;2*1H. The molecule has 128 valence electrons. The minimum atomic E-state index is 0. The molecule has 0 nitrogen and oxygen atoms in total. The molecule has 0 saturated heterocycles. The van der Waals surface area contributed by atoms with Gasteiger partial charge in [0.15, 0.2) is 0 Å². The largest absolute Gasteiger partial charge is 0.114 e. The zero-order valence-corrected chi connectivity index (χ0v) is 18.1. The van der Waals surface area contributed by atoms with Gasteiger partial charge in [-0.2, -0.15) is 0 Å². The van der Waals surface area contributed by atoms with Crippen LogP contribution in [0.2, 0.25) is 0 Å². The van der Waals surface area contributed by atoms with Crippen LogP contribution in [0.1, 0.15) is 118 Å². The van der Waals surface area contributed by atoms with Crippen LogP contribution in [0, 0.1) is 0 Å². The van der Waals surface area contributed by atoms with Gasteiger partial charge in [-0.1, -0.05) is 118 Å². The number of unbranched alkanes of at least 4 members (excludes halogenated alkanes) is 12. The Labute approximate surface area is 151 Å². The third-order valence-electron chi connectivity index (χ3n) is 3.41. The van der Waals surface area contributed by atoms with Gasteiger partial charge in [0, 0.05) is 0 Å². The Bertz CT molecular complexity index is 90.0. The molecule has 0 N–H and O–H groups in total. The molecule has 0 rings (SSSR count). The van der Waals surface area contributed by atoms with Gasteiger partial charge in [-0.05, 0) is 0 Å². The summed E-state index contributed by atoms with van der Waals surface area (Å²) in [6, 6.07) is 0. The highest BCUT2D eigenvalue weighted by molar-refractivity contribution is 8.93. The van der Waals surface area contributed by atoms with Crippen molar-refractivity contribution in [3.8, 4) is 0 Å². The zero-order chi connectivity index (χ0) is 13.9. The summed E-state index contributed by atoms with van der Waals surface area (Å²) >= 11 is 0. The molecule has 0 aromatic carbocycles. The van der Waals surface area contributed by atoms with Gasteiger partial charge < -0.3 is 0 Å². The lowest BCUT2D eigenvalue weighted by Gasteiger charge is -1.96. The molecule has 0 bridgehead atoms. The summed E-state index contributed by atoms with van der Waals surface area (Å²) in [6.07, 6.45) is 19.9. The third-order valence-corrected chi connectivity index (χ3v) is 3.41. The van der Waals surface area contributed by atoms with Gasteiger partial charge in [0.25, 0.3) is 0 Å². The average Bonchev–Trinajstić information content (AvgIpc) is 2.39. The first kappa shape index (κ1) is 29.0. The highest BCUT2D eigenvalue weighted by Gasteiger charge is 1.86. The van der Waals surface area contributed by atoms with Gasteiger partial charge >= 0.3 is 0 Å². The van der Waals surface area contributed by atoms with E-state index in [0.29, 0.717) is 0 Å². The molecular formula is C18H42Br2. The van der Waals surface area contributed by atoms with E-state index in [1.165, 1.54) is 89.9 Å². The first-order chi connectivity index (χ1) is 8.83. The van der Waals surface area contributed by atoms with E-state index < -0.39 is 0 Å². The highest BCUT2D eigenvalue weighted by Crippen LogP contribution is 2.06. The number of hydrogen-bond donors (Lipinski definition) is 0. The Balaban J connectivity index is -0.000000116. The van der Waals surface area contributed by atoms with Crippen molar-refractivity contribution in [2.75, 3.05) is 0 Å². The quantitative estimate of drug-likeness (QED) is 0.278. The van der Waals surface area contributed by atoms with Crippen LogP contribution >= 0.6 is 34.0 Å². The van der Waals surface area contributed by atoms with Crippen LogP contribution in [-0.2, 0) is 0 Å². The van der Waals surface area contributed by atoms with Crippen LogP contribution in [-0.4, -0.2) is 0 Å². The van der Waals surface area contributed by atoms with Gasteiger partial charge in [0.2, 0.25) is 0 Å². The summed E-state index contributed by atoms with van der Waals surface area (Å²) in [6.45, 7) is 9.05. The number of hydrogen-bond acceptors (Lipinski definition) is 0. The third kappa shape index (κ3) is 36.4. The SMILES string of the molecule is Br.Br.CCCCCCCCC.CCCCCCCCC. The molecule has 0 aromatic heterocycles. The van der Waals surface area contributed by atoms with E-state index in [1.807, 2.05) is 0 Å². The smallest absolute Gasteiger partial charge is 0.0533 e. The monoisotopic (exact) mass is 416 g/mol. The topological polar surface area (TPSA) is 0 Å². The molecule has 0 unspecified atom stereocenters. The predicted octanol–water partition coefficient (Wildman–Crippen LogP) is 8.67. The van der Waals surface area contributed by atoms with Crippen molar-refractivity contribution >= 4 is 34.0 Å². The Morgan fingerprint density at radius 3 is 0.600 bits per heavy atom. The van der Waals surface area contributed by atoms with Gasteiger partial charge in [-0.15, -0.1) is 34.0 Å². The van der Waals surface area contributed by atoms with Crippen molar-refractivity contribution in [3.05, 3.63) is 0 Å². The Hall–Kier alpha value is 0.960. The number of rotatable bonds is 12. The molecule has 0 heterocycles. The second-order valence-electron chi connectivity index (χ2n) is 5.54. The molecular weight excluding hydrogens is 376 g/mol. The molecule has 0 aliphatic carbocycles. The van der Waals surface area contributed by atoms with E-state index in [-0.39, 0.29) is 34.0 Å². The first-order valence-corrected chi connectivity index (χ1v) is 8.83. The molecule has 0 aliphatic heterocycles. The van der Waals surface area contributed by atoms with E-state index in [2.05, 4.69) is 27.7 Å². The summed E-state index contributed by atoms with van der Waals surface area (Å²) in [7, 11) is 0. The molecule has 0 aliphatic rings. The van der Waals surface area contributed by atoms with E-state index in [0.717, 1.165) is 0 Å². The van der Waals surface area contributed by atoms with Crippen LogP contribution in [0.15, 0.2) is 0 Å². The van der Waals surface area contributed by atoms with E-state index in [4.69, 9.17) is 0 Å². The van der Waals surface area contributed by atoms with Crippen molar-refractivity contribution in [1.82, 2.24) is 0 Å². The lowest BCUT2D eigenvalue weighted by molar-refractivity contribution is 0.602. The maximum atomic E-state index is 2.26. The summed E-state index contributed by atoms with van der Waals surface area (Å²) in [5.74, 6) is 0. The lowest BCUT2D eigenvalue weighted by atomic mass is 10.1. The Morgan fingerprint density at radius 2 is 0.450 bits per heavy atom. The maximum Gasteiger partial charge on any atom is -0.0533 e. The Morgan fingerprint density at radius 1 is 0.300 bits per heavy atom. The van der Waals surface area contributed by atoms with E-state index in [1.54, 1.807) is 0 Å². The number of halogens is 2. The second-order valence-corrected chi connectivity index (χ2v) is 5.54. The fraction of sp³-hybridized carbons (Fsp3) is 1.00. The molecule has 20 heavy (non-hydrogen) atoms. The summed E-state index contributed by atoms with van der Waals surface area (Å²) in [4.78, 5) is 0. The van der Waals surface area contributed by atoms with Crippen molar-refractivity contribution in [1.29, 1.82) is 0 Å². The molecule has 0 fully saturated rings. The molecule has 0 spiro atoms. The van der Waals surface area contributed by atoms with Crippen LogP contribution in [0.4, 0.5) is 0 Å². The molecule has 0 amide bonds. The normalized spacial score (nSPS) is 9.00.